The van der Waals surface area contributed by atoms with Gasteiger partial charge in [0.05, 0.1) is 11.8 Å². The summed E-state index contributed by atoms with van der Waals surface area (Å²) >= 11 is 0. The molecule has 1 unspecified atom stereocenters. The lowest BCUT2D eigenvalue weighted by Gasteiger charge is -2.25. The predicted octanol–water partition coefficient (Wildman–Crippen LogP) is 4.02. The summed E-state index contributed by atoms with van der Waals surface area (Å²) in [6, 6.07) is 16.1. The number of carboxylic acids is 1. The average Bonchev–Trinajstić information content (AvgIpc) is 3.18. The van der Waals surface area contributed by atoms with Crippen LogP contribution in [0.1, 0.15) is 49.1 Å². The molecule has 1 spiro atoms. The molecule has 2 aromatic carbocycles. The summed E-state index contributed by atoms with van der Waals surface area (Å²) in [5.41, 5.74) is 4.45. The fourth-order valence-corrected chi connectivity index (χ4v) is 6.60. The lowest BCUT2D eigenvalue weighted by molar-refractivity contribution is -0.143. The first-order valence-corrected chi connectivity index (χ1v) is 12.6. The highest BCUT2D eigenvalue weighted by Gasteiger charge is 2.59. The summed E-state index contributed by atoms with van der Waals surface area (Å²) in [5, 5.41) is 12.5. The number of likely N-dealkylation sites (tertiary alicyclic amines) is 1. The minimum absolute atomic E-state index is 0.0126. The van der Waals surface area contributed by atoms with Crippen LogP contribution in [0.25, 0.3) is 11.1 Å². The summed E-state index contributed by atoms with van der Waals surface area (Å²) < 4.78 is 5.69. The summed E-state index contributed by atoms with van der Waals surface area (Å²) in [6.07, 6.45) is 3.53. The molecule has 0 bridgehead atoms. The van der Waals surface area contributed by atoms with Crippen molar-refractivity contribution in [3.8, 4) is 11.1 Å². The Hall–Kier alpha value is -3.35. The number of alkyl carbamates (subject to hydrolysis) is 1. The van der Waals surface area contributed by atoms with Crippen LogP contribution >= 0.6 is 0 Å². The number of hydrogen-bond donors (Lipinski definition) is 2. The second-order valence-electron chi connectivity index (χ2n) is 10.6. The standard InChI is InChI=1S/C28H30N2O5/c31-25(30-14-23(26(32)33)28(16-30)12-13-28)21-10-5-11-24(21)29-27(34)35-15-22-19-8-3-1-6-17(19)18-7-2-4-9-20(18)22/h1-4,6-9,21-24H,5,10-16H2,(H,29,34)(H,32,33)/t21-,23?,24+/m0/s1. The normalized spacial score (nSPS) is 25.8. The molecule has 0 aromatic heterocycles. The Morgan fingerprint density at radius 3 is 2.26 bits per heavy atom. The van der Waals surface area contributed by atoms with Gasteiger partial charge in [-0.3, -0.25) is 9.59 Å². The number of ether oxygens (including phenoxy) is 1. The Kier molecular flexibility index (Phi) is 5.31. The van der Waals surface area contributed by atoms with Crippen molar-refractivity contribution in [3.63, 3.8) is 0 Å². The predicted molar refractivity (Wildman–Crippen MR) is 129 cm³/mol. The van der Waals surface area contributed by atoms with Gasteiger partial charge in [-0.1, -0.05) is 55.0 Å². The lowest BCUT2D eigenvalue weighted by Crippen LogP contribution is -2.45. The van der Waals surface area contributed by atoms with Crippen molar-refractivity contribution in [3.05, 3.63) is 59.7 Å². The number of hydrogen-bond acceptors (Lipinski definition) is 4. The van der Waals surface area contributed by atoms with Crippen LogP contribution in [-0.4, -0.2) is 53.7 Å². The zero-order valence-electron chi connectivity index (χ0n) is 19.6. The molecule has 3 atom stereocenters. The molecule has 182 valence electrons. The Bertz CT molecular complexity index is 1140. The third-order valence-electron chi connectivity index (χ3n) is 8.63. The number of nitrogens with one attached hydrogen (secondary N) is 1. The van der Waals surface area contributed by atoms with E-state index in [1.807, 2.05) is 24.3 Å². The summed E-state index contributed by atoms with van der Waals surface area (Å²) in [5.74, 6) is -1.64. The third-order valence-corrected chi connectivity index (χ3v) is 8.63. The summed E-state index contributed by atoms with van der Waals surface area (Å²) in [4.78, 5) is 39.5. The van der Waals surface area contributed by atoms with Crippen molar-refractivity contribution in [1.29, 1.82) is 0 Å². The molecule has 0 radical (unpaired) electrons. The number of rotatable bonds is 5. The van der Waals surface area contributed by atoms with Gasteiger partial charge >= 0.3 is 12.1 Å². The van der Waals surface area contributed by atoms with Gasteiger partial charge in [0.15, 0.2) is 0 Å². The molecule has 1 aliphatic heterocycles. The fraction of sp³-hybridized carbons (Fsp3) is 0.464. The molecule has 3 aliphatic carbocycles. The molecular weight excluding hydrogens is 444 g/mol. The van der Waals surface area contributed by atoms with Crippen molar-refractivity contribution in [2.75, 3.05) is 19.7 Å². The number of carbonyl (C=O) groups is 3. The molecule has 2 aromatic rings. The molecule has 2 N–H and O–H groups in total. The number of carbonyl (C=O) groups excluding carboxylic acids is 2. The van der Waals surface area contributed by atoms with Gasteiger partial charge in [-0.2, -0.15) is 0 Å². The molecule has 6 rings (SSSR count). The highest BCUT2D eigenvalue weighted by atomic mass is 16.5. The van der Waals surface area contributed by atoms with E-state index in [1.54, 1.807) is 4.90 Å². The molecule has 35 heavy (non-hydrogen) atoms. The smallest absolute Gasteiger partial charge is 0.407 e. The van der Waals surface area contributed by atoms with E-state index in [1.165, 1.54) is 11.1 Å². The van der Waals surface area contributed by atoms with Crippen LogP contribution in [0.4, 0.5) is 4.79 Å². The van der Waals surface area contributed by atoms with E-state index in [0.29, 0.717) is 13.0 Å². The molecule has 4 aliphatic rings. The van der Waals surface area contributed by atoms with Crippen LogP contribution in [0.15, 0.2) is 48.5 Å². The quantitative estimate of drug-likeness (QED) is 0.683. The second kappa shape index (κ2) is 8.40. The minimum Gasteiger partial charge on any atom is -0.481 e. The summed E-state index contributed by atoms with van der Waals surface area (Å²) in [7, 11) is 0. The van der Waals surface area contributed by atoms with E-state index in [2.05, 4.69) is 29.6 Å². The molecule has 2 saturated carbocycles. The minimum atomic E-state index is -0.808. The number of aliphatic carboxylic acids is 1. The van der Waals surface area contributed by atoms with Crippen molar-refractivity contribution in [2.45, 2.75) is 44.1 Å². The topological polar surface area (TPSA) is 95.9 Å². The Morgan fingerprint density at radius 1 is 1.00 bits per heavy atom. The van der Waals surface area contributed by atoms with Crippen LogP contribution in [0.3, 0.4) is 0 Å². The van der Waals surface area contributed by atoms with Gasteiger partial charge in [-0.05, 0) is 47.9 Å². The molecule has 7 nitrogen and oxygen atoms in total. The SMILES string of the molecule is O=C(N[C@@H]1CCC[C@@H]1C(=O)N1CC(C(=O)O)C2(CC2)C1)OCC1c2ccccc2-c2ccccc21. The maximum Gasteiger partial charge on any atom is 0.407 e. The molecule has 3 fully saturated rings. The highest BCUT2D eigenvalue weighted by Crippen LogP contribution is 2.56. The Balaban J connectivity index is 1.09. The average molecular weight is 475 g/mol. The zero-order chi connectivity index (χ0) is 24.2. The molecule has 7 heteroatoms. The van der Waals surface area contributed by atoms with Gasteiger partial charge in [0.1, 0.15) is 6.61 Å². The van der Waals surface area contributed by atoms with E-state index < -0.39 is 18.0 Å². The maximum atomic E-state index is 13.3. The molecule has 1 heterocycles. The molecule has 2 amide bonds. The maximum absolute atomic E-state index is 13.3. The van der Waals surface area contributed by atoms with E-state index in [-0.39, 0.29) is 42.4 Å². The van der Waals surface area contributed by atoms with Gasteiger partial charge in [-0.25, -0.2) is 4.79 Å². The number of carboxylic acid groups (broad SMARTS) is 1. The van der Waals surface area contributed by atoms with Crippen molar-refractivity contribution >= 4 is 18.0 Å². The Labute approximate surface area is 204 Å². The first kappa shape index (κ1) is 22.1. The van der Waals surface area contributed by atoms with Crippen LogP contribution in [0.5, 0.6) is 0 Å². The van der Waals surface area contributed by atoms with E-state index >= 15 is 0 Å². The molecule has 1 saturated heterocycles. The Morgan fingerprint density at radius 2 is 1.66 bits per heavy atom. The monoisotopic (exact) mass is 474 g/mol. The second-order valence-corrected chi connectivity index (χ2v) is 10.6. The van der Waals surface area contributed by atoms with E-state index in [0.717, 1.165) is 36.8 Å². The zero-order valence-corrected chi connectivity index (χ0v) is 19.6. The van der Waals surface area contributed by atoms with Gasteiger partial charge in [0, 0.05) is 30.5 Å². The number of nitrogens with zero attached hydrogens (tertiary/aromatic N) is 1. The number of amides is 2. The van der Waals surface area contributed by atoms with Crippen molar-refractivity contribution in [1.82, 2.24) is 10.2 Å². The highest BCUT2D eigenvalue weighted by molar-refractivity contribution is 5.83. The lowest BCUT2D eigenvalue weighted by atomic mass is 9.93. The third kappa shape index (κ3) is 3.77. The van der Waals surface area contributed by atoms with Gasteiger partial charge in [0.25, 0.3) is 0 Å². The number of benzene rings is 2. The van der Waals surface area contributed by atoms with Crippen molar-refractivity contribution in [2.24, 2.45) is 17.3 Å². The van der Waals surface area contributed by atoms with Gasteiger partial charge in [-0.15, -0.1) is 0 Å². The van der Waals surface area contributed by atoms with E-state index in [9.17, 15) is 19.5 Å². The first-order valence-electron chi connectivity index (χ1n) is 12.6. The van der Waals surface area contributed by atoms with Crippen LogP contribution < -0.4 is 5.32 Å². The van der Waals surface area contributed by atoms with Crippen LogP contribution in [0.2, 0.25) is 0 Å². The summed E-state index contributed by atoms with van der Waals surface area (Å²) in [6.45, 7) is 1.04. The van der Waals surface area contributed by atoms with Crippen LogP contribution in [0, 0.1) is 17.3 Å². The van der Waals surface area contributed by atoms with Crippen LogP contribution in [-0.2, 0) is 14.3 Å². The van der Waals surface area contributed by atoms with Crippen molar-refractivity contribution < 1.29 is 24.2 Å². The number of fused-ring (bicyclic) bond motifs is 3. The van der Waals surface area contributed by atoms with Gasteiger partial charge in [0.2, 0.25) is 5.91 Å². The largest absolute Gasteiger partial charge is 0.481 e. The fourth-order valence-electron chi connectivity index (χ4n) is 6.60. The first-order chi connectivity index (χ1) is 17.0. The van der Waals surface area contributed by atoms with Gasteiger partial charge < -0.3 is 20.1 Å². The molecular formula is C28H30N2O5. The van der Waals surface area contributed by atoms with E-state index in [4.69, 9.17) is 4.74 Å².